The topological polar surface area (TPSA) is 12.0 Å². The van der Waals surface area contributed by atoms with Crippen molar-refractivity contribution in [2.75, 3.05) is 7.05 Å². The van der Waals surface area contributed by atoms with Crippen molar-refractivity contribution in [2.24, 2.45) is 0 Å². The van der Waals surface area contributed by atoms with E-state index in [9.17, 15) is 0 Å². The molecule has 0 saturated carbocycles. The van der Waals surface area contributed by atoms with Crippen LogP contribution in [0.15, 0.2) is 34.8 Å². The zero-order valence-electron chi connectivity index (χ0n) is 12.2. The minimum atomic E-state index is 0.154. The molecule has 0 amide bonds. The zero-order valence-corrected chi connectivity index (χ0v) is 14.6. The number of nitrogens with one attached hydrogen (secondary N) is 1. The second kappa shape index (κ2) is 6.30. The number of benzene rings is 2. The molecule has 0 aliphatic carbocycles. The third-order valence-electron chi connectivity index (χ3n) is 3.76. The summed E-state index contributed by atoms with van der Waals surface area (Å²) in [5, 5.41) is 4.15. The SMILES string of the molecule is CNC(c1cc(C)c(C)cc1C)c1ccc(Cl)cc1Br. The largest absolute Gasteiger partial charge is 0.309 e. The van der Waals surface area contributed by atoms with Crippen LogP contribution >= 0.6 is 27.5 Å². The van der Waals surface area contributed by atoms with Crippen molar-refractivity contribution in [1.82, 2.24) is 5.32 Å². The molecule has 1 unspecified atom stereocenters. The summed E-state index contributed by atoms with van der Waals surface area (Å²) in [4.78, 5) is 0. The van der Waals surface area contributed by atoms with Gasteiger partial charge in [0.05, 0.1) is 6.04 Å². The van der Waals surface area contributed by atoms with Crippen molar-refractivity contribution in [3.63, 3.8) is 0 Å². The summed E-state index contributed by atoms with van der Waals surface area (Å²) in [6, 6.07) is 10.6. The first-order valence-corrected chi connectivity index (χ1v) is 7.81. The van der Waals surface area contributed by atoms with Crippen LogP contribution in [-0.2, 0) is 0 Å². The first kappa shape index (κ1) is 15.6. The van der Waals surface area contributed by atoms with E-state index in [-0.39, 0.29) is 6.04 Å². The average Bonchev–Trinajstić information content (AvgIpc) is 2.38. The zero-order chi connectivity index (χ0) is 14.9. The Labute approximate surface area is 134 Å². The summed E-state index contributed by atoms with van der Waals surface area (Å²) in [5.74, 6) is 0. The predicted molar refractivity (Wildman–Crippen MR) is 90.7 cm³/mol. The first-order valence-electron chi connectivity index (χ1n) is 6.64. The lowest BCUT2D eigenvalue weighted by Crippen LogP contribution is -2.19. The van der Waals surface area contributed by atoms with Gasteiger partial charge >= 0.3 is 0 Å². The Bertz CT molecular complexity index is 637. The minimum Gasteiger partial charge on any atom is -0.309 e. The fourth-order valence-electron chi connectivity index (χ4n) is 2.51. The van der Waals surface area contributed by atoms with E-state index in [0.717, 1.165) is 9.50 Å². The van der Waals surface area contributed by atoms with Gasteiger partial charge in [-0.1, -0.05) is 45.7 Å². The summed E-state index contributed by atoms with van der Waals surface area (Å²) in [5.41, 5.74) is 6.45. The normalized spacial score (nSPS) is 12.5. The number of rotatable bonds is 3. The van der Waals surface area contributed by atoms with Crippen LogP contribution < -0.4 is 5.32 Å². The number of aryl methyl sites for hydroxylation is 3. The second-order valence-electron chi connectivity index (χ2n) is 5.18. The standard InChI is InChI=1S/C17H19BrClN/c1-10-7-12(3)15(8-11(10)2)17(20-4)14-6-5-13(19)9-16(14)18/h5-9,17,20H,1-4H3. The Hall–Kier alpha value is -0.830. The maximum absolute atomic E-state index is 6.04. The molecule has 3 heteroatoms. The maximum Gasteiger partial charge on any atom is 0.0588 e. The molecule has 0 fully saturated rings. The molecule has 0 aliphatic rings. The monoisotopic (exact) mass is 351 g/mol. The lowest BCUT2D eigenvalue weighted by atomic mass is 9.92. The van der Waals surface area contributed by atoms with Gasteiger partial charge in [0.1, 0.15) is 0 Å². The maximum atomic E-state index is 6.04. The Morgan fingerprint density at radius 1 is 0.950 bits per heavy atom. The molecule has 1 atom stereocenters. The van der Waals surface area contributed by atoms with Crippen molar-refractivity contribution < 1.29 is 0 Å². The molecule has 1 nitrogen and oxygen atoms in total. The molecular weight excluding hydrogens is 334 g/mol. The Morgan fingerprint density at radius 2 is 1.60 bits per heavy atom. The quantitative estimate of drug-likeness (QED) is 0.786. The van der Waals surface area contributed by atoms with Crippen LogP contribution in [0.1, 0.15) is 33.9 Å². The Kier molecular flexibility index (Phi) is 4.90. The summed E-state index contributed by atoms with van der Waals surface area (Å²) in [6.07, 6.45) is 0. The molecule has 2 aromatic rings. The molecular formula is C17H19BrClN. The highest BCUT2D eigenvalue weighted by Crippen LogP contribution is 2.32. The predicted octanol–water partition coefficient (Wildman–Crippen LogP) is 5.34. The van der Waals surface area contributed by atoms with Crippen molar-refractivity contribution in [1.29, 1.82) is 0 Å². The van der Waals surface area contributed by atoms with E-state index < -0.39 is 0 Å². The molecule has 0 aromatic heterocycles. The summed E-state index contributed by atoms with van der Waals surface area (Å²) in [6.45, 7) is 6.47. The third kappa shape index (κ3) is 3.08. The van der Waals surface area contributed by atoms with Gasteiger partial charge in [0.25, 0.3) is 0 Å². The average molecular weight is 353 g/mol. The lowest BCUT2D eigenvalue weighted by Gasteiger charge is -2.22. The van der Waals surface area contributed by atoms with Gasteiger partial charge in [-0.2, -0.15) is 0 Å². The van der Waals surface area contributed by atoms with Crippen molar-refractivity contribution in [3.05, 3.63) is 67.6 Å². The van der Waals surface area contributed by atoms with Gasteiger partial charge in [-0.05, 0) is 67.8 Å². The molecule has 2 aromatic carbocycles. The fraction of sp³-hybridized carbons (Fsp3) is 0.294. The number of halogens is 2. The summed E-state index contributed by atoms with van der Waals surface area (Å²) >= 11 is 9.66. The molecule has 0 aliphatic heterocycles. The highest BCUT2D eigenvalue weighted by molar-refractivity contribution is 9.10. The van der Waals surface area contributed by atoms with E-state index in [1.165, 1.54) is 27.8 Å². The summed E-state index contributed by atoms with van der Waals surface area (Å²) in [7, 11) is 1.99. The van der Waals surface area contributed by atoms with Crippen molar-refractivity contribution in [3.8, 4) is 0 Å². The van der Waals surface area contributed by atoms with Crippen LogP contribution in [0.2, 0.25) is 5.02 Å². The van der Waals surface area contributed by atoms with E-state index in [1.54, 1.807) is 0 Å². The fourth-order valence-corrected chi connectivity index (χ4v) is 3.42. The van der Waals surface area contributed by atoms with E-state index in [1.807, 2.05) is 19.2 Å². The van der Waals surface area contributed by atoms with Gasteiger partial charge in [0.15, 0.2) is 0 Å². The number of hydrogen-bond donors (Lipinski definition) is 1. The molecule has 20 heavy (non-hydrogen) atoms. The smallest absolute Gasteiger partial charge is 0.0588 e. The van der Waals surface area contributed by atoms with E-state index in [0.29, 0.717) is 0 Å². The number of hydrogen-bond acceptors (Lipinski definition) is 1. The highest BCUT2D eigenvalue weighted by atomic mass is 79.9. The second-order valence-corrected chi connectivity index (χ2v) is 6.47. The van der Waals surface area contributed by atoms with Crippen LogP contribution in [0.3, 0.4) is 0 Å². The van der Waals surface area contributed by atoms with Crippen LogP contribution in [-0.4, -0.2) is 7.05 Å². The van der Waals surface area contributed by atoms with Gasteiger partial charge in [-0.3, -0.25) is 0 Å². The third-order valence-corrected chi connectivity index (χ3v) is 4.68. The van der Waals surface area contributed by atoms with E-state index in [4.69, 9.17) is 11.6 Å². The summed E-state index contributed by atoms with van der Waals surface area (Å²) < 4.78 is 1.03. The van der Waals surface area contributed by atoms with Crippen LogP contribution in [0, 0.1) is 20.8 Å². The van der Waals surface area contributed by atoms with Gasteiger partial charge < -0.3 is 5.32 Å². The highest BCUT2D eigenvalue weighted by Gasteiger charge is 2.17. The molecule has 0 heterocycles. The lowest BCUT2D eigenvalue weighted by molar-refractivity contribution is 0.684. The van der Waals surface area contributed by atoms with Gasteiger partial charge in [-0.25, -0.2) is 0 Å². The minimum absolute atomic E-state index is 0.154. The van der Waals surface area contributed by atoms with Crippen molar-refractivity contribution >= 4 is 27.5 Å². The van der Waals surface area contributed by atoms with Gasteiger partial charge in [0, 0.05) is 9.50 Å². The molecule has 0 bridgehead atoms. The van der Waals surface area contributed by atoms with E-state index in [2.05, 4.69) is 60.2 Å². The van der Waals surface area contributed by atoms with Crippen LogP contribution in [0.25, 0.3) is 0 Å². The molecule has 1 N–H and O–H groups in total. The molecule has 0 spiro atoms. The first-order chi connectivity index (χ1) is 9.43. The Morgan fingerprint density at radius 3 is 2.20 bits per heavy atom. The molecule has 106 valence electrons. The molecule has 0 saturated heterocycles. The van der Waals surface area contributed by atoms with E-state index >= 15 is 0 Å². The van der Waals surface area contributed by atoms with Crippen LogP contribution in [0.4, 0.5) is 0 Å². The van der Waals surface area contributed by atoms with Gasteiger partial charge in [0.2, 0.25) is 0 Å². The van der Waals surface area contributed by atoms with Crippen LogP contribution in [0.5, 0.6) is 0 Å². The Balaban J connectivity index is 2.55. The molecule has 2 rings (SSSR count). The van der Waals surface area contributed by atoms with Gasteiger partial charge in [-0.15, -0.1) is 0 Å². The molecule has 0 radical (unpaired) electrons. The van der Waals surface area contributed by atoms with Crippen molar-refractivity contribution in [2.45, 2.75) is 26.8 Å².